The van der Waals surface area contributed by atoms with Crippen molar-refractivity contribution in [3.63, 3.8) is 0 Å². The first-order valence-corrected chi connectivity index (χ1v) is 8.45. The minimum absolute atomic E-state index is 0.0533. The number of likely N-dealkylation sites (N-methyl/N-ethyl adjacent to an activating group) is 2. The zero-order chi connectivity index (χ0) is 17.3. The first-order chi connectivity index (χ1) is 11.5. The lowest BCUT2D eigenvalue weighted by atomic mass is 9.97. The number of ether oxygens (including phenoxy) is 1. The van der Waals surface area contributed by atoms with Crippen LogP contribution in [0.4, 0.5) is 0 Å². The third kappa shape index (κ3) is 3.41. The number of nitrogens with zero attached hydrogens (tertiary/aromatic N) is 3. The number of benzene rings is 1. The Hall–Kier alpha value is -1.63. The number of amides is 2. The molecule has 0 radical (unpaired) electrons. The molecule has 0 spiro atoms. The molecular weight excluding hydrogens is 330 g/mol. The molecule has 1 aromatic rings. The summed E-state index contributed by atoms with van der Waals surface area (Å²) in [4.78, 5) is 30.7. The summed E-state index contributed by atoms with van der Waals surface area (Å²) in [5.74, 6) is -0.181. The molecule has 7 heteroatoms. The van der Waals surface area contributed by atoms with Gasteiger partial charge in [-0.2, -0.15) is 0 Å². The summed E-state index contributed by atoms with van der Waals surface area (Å²) in [6, 6.07) is 6.78. The van der Waals surface area contributed by atoms with Gasteiger partial charge in [0.1, 0.15) is 6.61 Å². The van der Waals surface area contributed by atoms with Gasteiger partial charge < -0.3 is 19.4 Å². The number of rotatable bonds is 2. The van der Waals surface area contributed by atoms with Crippen LogP contribution in [0, 0.1) is 0 Å². The second kappa shape index (κ2) is 7.09. The standard InChI is InChI=1S/C17H22ClN3O3/c1-19-7-9-21(10-8-19)17(23)16-15(20(2)14(22)11-24-16)12-3-5-13(18)6-4-12/h3-6,15-16H,7-11H2,1-2H3/t15-,16+/m1/s1. The lowest BCUT2D eigenvalue weighted by Crippen LogP contribution is -2.56. The van der Waals surface area contributed by atoms with Crippen LogP contribution in [0.1, 0.15) is 11.6 Å². The summed E-state index contributed by atoms with van der Waals surface area (Å²) in [6.07, 6.45) is -0.683. The highest BCUT2D eigenvalue weighted by molar-refractivity contribution is 6.30. The van der Waals surface area contributed by atoms with E-state index in [1.165, 1.54) is 0 Å². The van der Waals surface area contributed by atoms with Crippen molar-refractivity contribution in [1.82, 2.24) is 14.7 Å². The SMILES string of the molecule is CN1CCN(C(=O)[C@H]2OCC(=O)N(C)[C@@H]2c2ccc(Cl)cc2)CC1. The molecule has 24 heavy (non-hydrogen) atoms. The van der Waals surface area contributed by atoms with Gasteiger partial charge in [-0.25, -0.2) is 0 Å². The van der Waals surface area contributed by atoms with Crippen LogP contribution in [-0.4, -0.2) is 79.5 Å². The van der Waals surface area contributed by atoms with E-state index in [0.717, 1.165) is 18.7 Å². The lowest BCUT2D eigenvalue weighted by Gasteiger charge is -2.41. The molecule has 0 bridgehead atoms. The highest BCUT2D eigenvalue weighted by atomic mass is 35.5. The maximum absolute atomic E-state index is 13.0. The van der Waals surface area contributed by atoms with Crippen molar-refractivity contribution in [3.8, 4) is 0 Å². The van der Waals surface area contributed by atoms with E-state index in [9.17, 15) is 9.59 Å². The van der Waals surface area contributed by atoms with Gasteiger partial charge in [-0.1, -0.05) is 23.7 Å². The first kappa shape index (κ1) is 17.2. The van der Waals surface area contributed by atoms with Crippen LogP contribution in [0.2, 0.25) is 5.02 Å². The fourth-order valence-electron chi connectivity index (χ4n) is 3.18. The molecule has 2 aliphatic heterocycles. The molecule has 0 N–H and O–H groups in total. The van der Waals surface area contributed by atoms with Gasteiger partial charge in [0, 0.05) is 38.2 Å². The van der Waals surface area contributed by atoms with Gasteiger partial charge in [-0.15, -0.1) is 0 Å². The van der Waals surface area contributed by atoms with Crippen LogP contribution in [0.3, 0.4) is 0 Å². The Balaban J connectivity index is 1.84. The topological polar surface area (TPSA) is 53.1 Å². The van der Waals surface area contributed by atoms with Crippen molar-refractivity contribution in [1.29, 1.82) is 0 Å². The third-order valence-corrected chi connectivity index (χ3v) is 5.01. The first-order valence-electron chi connectivity index (χ1n) is 8.07. The Morgan fingerprint density at radius 3 is 2.38 bits per heavy atom. The van der Waals surface area contributed by atoms with E-state index in [2.05, 4.69) is 4.90 Å². The Labute approximate surface area is 146 Å². The Morgan fingerprint density at radius 2 is 1.75 bits per heavy atom. The zero-order valence-electron chi connectivity index (χ0n) is 13.9. The van der Waals surface area contributed by atoms with Crippen LogP contribution in [0.5, 0.6) is 0 Å². The second-order valence-corrected chi connectivity index (χ2v) is 6.80. The highest BCUT2D eigenvalue weighted by Gasteiger charge is 2.42. The zero-order valence-corrected chi connectivity index (χ0v) is 14.7. The number of piperazine rings is 1. The molecule has 2 fully saturated rings. The summed E-state index contributed by atoms with van der Waals surface area (Å²) in [6.45, 7) is 2.99. The molecule has 1 aromatic carbocycles. The van der Waals surface area contributed by atoms with E-state index in [-0.39, 0.29) is 18.4 Å². The summed E-state index contributed by atoms with van der Waals surface area (Å²) >= 11 is 5.96. The van der Waals surface area contributed by atoms with E-state index in [0.29, 0.717) is 18.1 Å². The van der Waals surface area contributed by atoms with Crippen molar-refractivity contribution < 1.29 is 14.3 Å². The minimum Gasteiger partial charge on any atom is -0.356 e. The van der Waals surface area contributed by atoms with Crippen LogP contribution in [0.25, 0.3) is 0 Å². The number of carbonyl (C=O) groups is 2. The lowest BCUT2D eigenvalue weighted by molar-refractivity contribution is -0.168. The summed E-state index contributed by atoms with van der Waals surface area (Å²) in [5.41, 5.74) is 0.849. The fraction of sp³-hybridized carbons (Fsp3) is 0.529. The molecule has 6 nitrogen and oxygen atoms in total. The van der Waals surface area contributed by atoms with Gasteiger partial charge in [0.2, 0.25) is 5.91 Å². The second-order valence-electron chi connectivity index (χ2n) is 6.36. The molecule has 2 amide bonds. The molecule has 0 aliphatic carbocycles. The molecule has 3 rings (SSSR count). The van der Waals surface area contributed by atoms with E-state index < -0.39 is 12.1 Å². The third-order valence-electron chi connectivity index (χ3n) is 4.75. The average molecular weight is 352 g/mol. The molecule has 0 unspecified atom stereocenters. The van der Waals surface area contributed by atoms with Gasteiger partial charge in [0.15, 0.2) is 6.10 Å². The van der Waals surface area contributed by atoms with Gasteiger partial charge in [0.05, 0.1) is 6.04 Å². The average Bonchev–Trinajstić information content (AvgIpc) is 2.58. The summed E-state index contributed by atoms with van der Waals surface area (Å²) in [5, 5.41) is 0.617. The number of morpholine rings is 1. The summed E-state index contributed by atoms with van der Waals surface area (Å²) < 4.78 is 5.67. The maximum atomic E-state index is 13.0. The molecule has 2 atom stereocenters. The van der Waals surface area contributed by atoms with E-state index in [1.54, 1.807) is 24.1 Å². The quantitative estimate of drug-likeness (QED) is 0.798. The van der Waals surface area contributed by atoms with Crippen molar-refractivity contribution in [3.05, 3.63) is 34.9 Å². The number of hydrogen-bond donors (Lipinski definition) is 0. The van der Waals surface area contributed by atoms with E-state index >= 15 is 0 Å². The smallest absolute Gasteiger partial charge is 0.254 e. The van der Waals surface area contributed by atoms with E-state index in [1.807, 2.05) is 24.1 Å². The predicted molar refractivity (Wildman–Crippen MR) is 90.8 cm³/mol. The minimum atomic E-state index is -0.683. The Bertz CT molecular complexity index is 614. The maximum Gasteiger partial charge on any atom is 0.254 e. The van der Waals surface area contributed by atoms with E-state index in [4.69, 9.17) is 16.3 Å². The van der Waals surface area contributed by atoms with Crippen LogP contribution < -0.4 is 0 Å². The molecule has 2 heterocycles. The van der Waals surface area contributed by atoms with Crippen molar-refractivity contribution >= 4 is 23.4 Å². The van der Waals surface area contributed by atoms with Crippen LogP contribution >= 0.6 is 11.6 Å². The predicted octanol–water partition coefficient (Wildman–Crippen LogP) is 1.01. The molecular formula is C17H22ClN3O3. The molecule has 2 aliphatic rings. The van der Waals surface area contributed by atoms with Crippen molar-refractivity contribution in [2.75, 3.05) is 46.9 Å². The molecule has 0 aromatic heterocycles. The molecule has 0 saturated carbocycles. The fourth-order valence-corrected chi connectivity index (χ4v) is 3.31. The van der Waals surface area contributed by atoms with Crippen LogP contribution in [0.15, 0.2) is 24.3 Å². The van der Waals surface area contributed by atoms with Crippen molar-refractivity contribution in [2.45, 2.75) is 12.1 Å². The number of hydrogen-bond acceptors (Lipinski definition) is 4. The largest absolute Gasteiger partial charge is 0.356 e. The Kier molecular flexibility index (Phi) is 5.08. The monoisotopic (exact) mass is 351 g/mol. The molecule has 2 saturated heterocycles. The van der Waals surface area contributed by atoms with Gasteiger partial charge >= 0.3 is 0 Å². The molecule has 130 valence electrons. The number of halogens is 1. The van der Waals surface area contributed by atoms with Gasteiger partial charge in [-0.05, 0) is 24.7 Å². The summed E-state index contributed by atoms with van der Waals surface area (Å²) in [7, 11) is 3.76. The van der Waals surface area contributed by atoms with Crippen molar-refractivity contribution in [2.24, 2.45) is 0 Å². The van der Waals surface area contributed by atoms with Gasteiger partial charge in [-0.3, -0.25) is 9.59 Å². The van der Waals surface area contributed by atoms with Gasteiger partial charge in [0.25, 0.3) is 5.91 Å². The normalized spacial score (nSPS) is 25.9. The van der Waals surface area contributed by atoms with Crippen LogP contribution in [-0.2, 0) is 14.3 Å². The number of carbonyl (C=O) groups excluding carboxylic acids is 2. The highest BCUT2D eigenvalue weighted by Crippen LogP contribution is 2.31. The Morgan fingerprint density at radius 1 is 1.12 bits per heavy atom.